The number of aryl methyl sites for hydroxylation is 1. The number of nitrogens with one attached hydrogen (secondary N) is 1. The van der Waals surface area contributed by atoms with Crippen molar-refractivity contribution >= 4 is 11.4 Å². The number of aromatic hydroxyl groups is 1. The maximum atomic E-state index is 11.2. The van der Waals surface area contributed by atoms with Crippen LogP contribution >= 0.6 is 0 Å². The summed E-state index contributed by atoms with van der Waals surface area (Å²) in [6.45, 7) is 2.30. The molecule has 4 aromatic carbocycles. The van der Waals surface area contributed by atoms with Gasteiger partial charge in [0, 0.05) is 29.0 Å². The van der Waals surface area contributed by atoms with Crippen LogP contribution in [0.5, 0.6) is 11.5 Å². The van der Waals surface area contributed by atoms with Gasteiger partial charge in [-0.1, -0.05) is 48.5 Å². The Morgan fingerprint density at radius 2 is 1.62 bits per heavy atom. The standard InChI is InChI=1S/C31H34N2O4/c1-2-37-30-15-13-27(19-28(30)23-6-4-3-5-7-23)33-26-11-8-22(9-12-26)16-17-31(36,21-32)25-10-14-29(35)24(18-25)20-34/h3-15,18-19,33-36H,2,16-17,20-21,32H2,1H3. The molecule has 37 heavy (non-hydrogen) atoms. The maximum Gasteiger partial charge on any atom is 0.127 e. The van der Waals surface area contributed by atoms with Gasteiger partial charge in [0.1, 0.15) is 17.1 Å². The summed E-state index contributed by atoms with van der Waals surface area (Å²) in [5, 5.41) is 33.9. The molecule has 192 valence electrons. The van der Waals surface area contributed by atoms with E-state index in [1.54, 1.807) is 12.1 Å². The Hall–Kier alpha value is -3.84. The van der Waals surface area contributed by atoms with E-state index >= 15 is 0 Å². The highest BCUT2D eigenvalue weighted by Crippen LogP contribution is 2.34. The number of phenols is 1. The third-order valence-electron chi connectivity index (χ3n) is 6.56. The van der Waals surface area contributed by atoms with Crippen LogP contribution in [0.25, 0.3) is 11.1 Å². The molecule has 4 rings (SSSR count). The van der Waals surface area contributed by atoms with E-state index < -0.39 is 5.60 Å². The summed E-state index contributed by atoms with van der Waals surface area (Å²) in [4.78, 5) is 0. The van der Waals surface area contributed by atoms with Crippen LogP contribution in [0, 0.1) is 0 Å². The molecular formula is C31H34N2O4. The van der Waals surface area contributed by atoms with E-state index in [0.29, 0.717) is 30.6 Å². The van der Waals surface area contributed by atoms with E-state index in [-0.39, 0.29) is 18.9 Å². The second kappa shape index (κ2) is 11.9. The molecular weight excluding hydrogens is 464 g/mol. The van der Waals surface area contributed by atoms with Gasteiger partial charge in [0.15, 0.2) is 0 Å². The Kier molecular flexibility index (Phi) is 8.46. The van der Waals surface area contributed by atoms with Gasteiger partial charge in [-0.2, -0.15) is 0 Å². The van der Waals surface area contributed by atoms with E-state index in [2.05, 4.69) is 23.5 Å². The topological polar surface area (TPSA) is 108 Å². The first-order chi connectivity index (χ1) is 18.0. The van der Waals surface area contributed by atoms with Crippen molar-refractivity contribution in [2.45, 2.75) is 32.0 Å². The molecule has 0 amide bonds. The molecule has 0 bridgehead atoms. The van der Waals surface area contributed by atoms with Crippen molar-refractivity contribution in [1.82, 2.24) is 0 Å². The van der Waals surface area contributed by atoms with Crippen molar-refractivity contribution in [3.63, 3.8) is 0 Å². The van der Waals surface area contributed by atoms with Crippen molar-refractivity contribution in [3.8, 4) is 22.6 Å². The van der Waals surface area contributed by atoms with Gasteiger partial charge in [-0.05, 0) is 78.9 Å². The summed E-state index contributed by atoms with van der Waals surface area (Å²) in [5.41, 5.74) is 10.7. The molecule has 4 aromatic rings. The molecule has 0 aromatic heterocycles. The van der Waals surface area contributed by atoms with Crippen molar-refractivity contribution in [2.75, 3.05) is 18.5 Å². The number of anilines is 2. The molecule has 0 aliphatic carbocycles. The minimum atomic E-state index is -1.26. The number of aliphatic hydroxyl groups excluding tert-OH is 1. The SMILES string of the molecule is CCOc1ccc(Nc2ccc(CCC(O)(CN)c3ccc(O)c(CO)c3)cc2)cc1-c1ccccc1. The van der Waals surface area contributed by atoms with Gasteiger partial charge in [0.2, 0.25) is 0 Å². The minimum absolute atomic E-state index is 0.00266. The van der Waals surface area contributed by atoms with Crippen molar-refractivity contribution in [2.24, 2.45) is 5.73 Å². The average molecular weight is 499 g/mol. The molecule has 6 heteroatoms. The summed E-state index contributed by atoms with van der Waals surface area (Å²) in [6.07, 6.45) is 1.02. The van der Waals surface area contributed by atoms with E-state index in [1.807, 2.05) is 61.5 Å². The molecule has 0 spiro atoms. The quantitative estimate of drug-likeness (QED) is 0.188. The van der Waals surface area contributed by atoms with Crippen molar-refractivity contribution in [3.05, 3.63) is 108 Å². The number of benzene rings is 4. The fourth-order valence-corrected chi connectivity index (χ4v) is 4.37. The number of ether oxygens (including phenoxy) is 1. The largest absolute Gasteiger partial charge is 0.508 e. The van der Waals surface area contributed by atoms with Crippen LogP contribution in [-0.4, -0.2) is 28.5 Å². The first-order valence-electron chi connectivity index (χ1n) is 12.5. The van der Waals surface area contributed by atoms with Gasteiger partial charge in [-0.3, -0.25) is 0 Å². The van der Waals surface area contributed by atoms with Crippen LogP contribution in [0.1, 0.15) is 30.0 Å². The van der Waals surface area contributed by atoms with E-state index in [0.717, 1.165) is 33.8 Å². The second-order valence-electron chi connectivity index (χ2n) is 9.07. The molecule has 1 unspecified atom stereocenters. The average Bonchev–Trinajstić information content (AvgIpc) is 2.94. The summed E-state index contributed by atoms with van der Waals surface area (Å²) in [6, 6.07) is 29.1. The Bertz CT molecular complexity index is 1310. The van der Waals surface area contributed by atoms with Gasteiger partial charge in [0.05, 0.1) is 13.2 Å². The molecule has 0 saturated carbocycles. The van der Waals surface area contributed by atoms with E-state index in [4.69, 9.17) is 10.5 Å². The smallest absolute Gasteiger partial charge is 0.127 e. The molecule has 1 atom stereocenters. The fraction of sp³-hybridized carbons (Fsp3) is 0.226. The van der Waals surface area contributed by atoms with E-state index in [9.17, 15) is 15.3 Å². The van der Waals surface area contributed by atoms with E-state index in [1.165, 1.54) is 6.07 Å². The third-order valence-corrected chi connectivity index (χ3v) is 6.56. The Morgan fingerprint density at radius 1 is 0.892 bits per heavy atom. The lowest BCUT2D eigenvalue weighted by molar-refractivity contribution is 0.0368. The summed E-state index contributed by atoms with van der Waals surface area (Å²) in [5.74, 6) is 0.846. The van der Waals surface area contributed by atoms with Crippen LogP contribution in [0.15, 0.2) is 91.0 Å². The summed E-state index contributed by atoms with van der Waals surface area (Å²) >= 11 is 0. The highest BCUT2D eigenvalue weighted by atomic mass is 16.5. The monoisotopic (exact) mass is 498 g/mol. The van der Waals surface area contributed by atoms with Gasteiger partial charge in [-0.25, -0.2) is 0 Å². The molecule has 6 N–H and O–H groups in total. The minimum Gasteiger partial charge on any atom is -0.508 e. The van der Waals surface area contributed by atoms with Crippen LogP contribution in [0.2, 0.25) is 0 Å². The Morgan fingerprint density at radius 3 is 2.30 bits per heavy atom. The number of hydrogen-bond donors (Lipinski definition) is 5. The molecule has 6 nitrogen and oxygen atoms in total. The summed E-state index contributed by atoms with van der Waals surface area (Å²) < 4.78 is 5.84. The molecule has 0 radical (unpaired) electrons. The molecule has 0 saturated heterocycles. The summed E-state index contributed by atoms with van der Waals surface area (Å²) in [7, 11) is 0. The number of aliphatic hydroxyl groups is 2. The highest BCUT2D eigenvalue weighted by molar-refractivity contribution is 5.76. The lowest BCUT2D eigenvalue weighted by atomic mass is 9.86. The number of nitrogens with two attached hydrogens (primary N) is 1. The lowest BCUT2D eigenvalue weighted by Gasteiger charge is -2.28. The normalized spacial score (nSPS) is 12.6. The predicted molar refractivity (Wildman–Crippen MR) is 148 cm³/mol. The van der Waals surface area contributed by atoms with Crippen molar-refractivity contribution in [1.29, 1.82) is 0 Å². The predicted octanol–water partition coefficient (Wildman–Crippen LogP) is 5.47. The zero-order valence-corrected chi connectivity index (χ0v) is 21.0. The third kappa shape index (κ3) is 6.30. The fourth-order valence-electron chi connectivity index (χ4n) is 4.37. The lowest BCUT2D eigenvalue weighted by Crippen LogP contribution is -2.35. The van der Waals surface area contributed by atoms with Crippen LogP contribution in [0.3, 0.4) is 0 Å². The zero-order valence-electron chi connectivity index (χ0n) is 21.0. The van der Waals surface area contributed by atoms with Gasteiger partial charge < -0.3 is 31.1 Å². The first kappa shape index (κ1) is 26.2. The van der Waals surface area contributed by atoms with Gasteiger partial charge >= 0.3 is 0 Å². The highest BCUT2D eigenvalue weighted by Gasteiger charge is 2.28. The first-order valence-corrected chi connectivity index (χ1v) is 12.5. The molecule has 0 aliphatic heterocycles. The number of rotatable bonds is 11. The van der Waals surface area contributed by atoms with Gasteiger partial charge in [0.25, 0.3) is 0 Å². The molecule has 0 aliphatic rings. The Labute approximate surface area is 218 Å². The van der Waals surface area contributed by atoms with Gasteiger partial charge in [-0.15, -0.1) is 0 Å². The zero-order chi connectivity index (χ0) is 26.3. The van der Waals surface area contributed by atoms with Crippen molar-refractivity contribution < 1.29 is 20.1 Å². The van der Waals surface area contributed by atoms with Crippen LogP contribution in [0.4, 0.5) is 11.4 Å². The number of hydrogen-bond acceptors (Lipinski definition) is 6. The maximum absolute atomic E-state index is 11.2. The molecule has 0 fully saturated rings. The molecule has 0 heterocycles. The van der Waals surface area contributed by atoms with Crippen LogP contribution in [-0.2, 0) is 18.6 Å². The Balaban J connectivity index is 1.46. The van der Waals surface area contributed by atoms with Crippen LogP contribution < -0.4 is 15.8 Å². The second-order valence-corrected chi connectivity index (χ2v) is 9.07.